The van der Waals surface area contributed by atoms with Crippen LogP contribution in [0.4, 0.5) is 0 Å². The summed E-state index contributed by atoms with van der Waals surface area (Å²) >= 11 is 0. The standard InChI is InChI=1S/C26H28O4/c1-15(2)6-12-19-23(27)20(13-7-16(3)4)26-22(24(19)28)25(29)21(14-30-26)18-10-8-17(5)9-11-18/h6-11,14,27-28H,12-13H2,1-5H3. The van der Waals surface area contributed by atoms with E-state index in [1.165, 1.54) is 6.26 Å². The van der Waals surface area contributed by atoms with Gasteiger partial charge in [0.2, 0.25) is 5.43 Å². The zero-order valence-electron chi connectivity index (χ0n) is 18.2. The molecule has 156 valence electrons. The zero-order chi connectivity index (χ0) is 22.0. The van der Waals surface area contributed by atoms with Crippen molar-refractivity contribution in [3.63, 3.8) is 0 Å². The van der Waals surface area contributed by atoms with Gasteiger partial charge in [0.05, 0.1) is 5.56 Å². The average Bonchev–Trinajstić information content (AvgIpc) is 2.68. The van der Waals surface area contributed by atoms with E-state index in [2.05, 4.69) is 0 Å². The van der Waals surface area contributed by atoms with Crippen LogP contribution in [-0.4, -0.2) is 10.2 Å². The number of aryl methyl sites for hydroxylation is 1. The van der Waals surface area contributed by atoms with Crippen molar-refractivity contribution in [3.05, 3.63) is 80.7 Å². The average molecular weight is 405 g/mol. The topological polar surface area (TPSA) is 70.7 Å². The first-order valence-corrected chi connectivity index (χ1v) is 10.1. The number of benzene rings is 2. The maximum atomic E-state index is 13.4. The molecule has 4 heteroatoms. The minimum absolute atomic E-state index is 0.0266. The molecule has 1 heterocycles. The van der Waals surface area contributed by atoms with Gasteiger partial charge in [-0.25, -0.2) is 0 Å². The largest absolute Gasteiger partial charge is 0.507 e. The molecule has 1 aromatic heterocycles. The second-order valence-electron chi connectivity index (χ2n) is 8.17. The molecule has 0 amide bonds. The summed E-state index contributed by atoms with van der Waals surface area (Å²) in [5.74, 6) is -0.245. The zero-order valence-corrected chi connectivity index (χ0v) is 18.2. The van der Waals surface area contributed by atoms with Gasteiger partial charge in [0.15, 0.2) is 0 Å². The summed E-state index contributed by atoms with van der Waals surface area (Å²) in [6, 6.07) is 7.57. The number of phenolic OH excluding ortho intramolecular Hbond substituents is 2. The van der Waals surface area contributed by atoms with Crippen molar-refractivity contribution in [2.45, 2.75) is 47.5 Å². The number of phenols is 2. The Morgan fingerprint density at radius 3 is 2.03 bits per heavy atom. The van der Waals surface area contributed by atoms with E-state index < -0.39 is 0 Å². The maximum Gasteiger partial charge on any atom is 0.204 e. The molecule has 0 saturated carbocycles. The third kappa shape index (κ3) is 4.18. The Hall–Kier alpha value is -3.27. The monoisotopic (exact) mass is 404 g/mol. The molecule has 0 saturated heterocycles. The van der Waals surface area contributed by atoms with E-state index in [1.54, 1.807) is 0 Å². The molecule has 0 aliphatic rings. The van der Waals surface area contributed by atoms with Gasteiger partial charge in [-0.15, -0.1) is 0 Å². The Morgan fingerprint density at radius 2 is 1.47 bits per heavy atom. The Labute approximate surface area is 176 Å². The number of hydrogen-bond acceptors (Lipinski definition) is 4. The summed E-state index contributed by atoms with van der Waals surface area (Å²) < 4.78 is 5.85. The van der Waals surface area contributed by atoms with E-state index in [0.29, 0.717) is 29.5 Å². The van der Waals surface area contributed by atoms with Gasteiger partial charge in [-0.1, -0.05) is 53.1 Å². The van der Waals surface area contributed by atoms with Crippen molar-refractivity contribution < 1.29 is 14.6 Å². The lowest BCUT2D eigenvalue weighted by molar-refractivity contribution is 0.438. The summed E-state index contributed by atoms with van der Waals surface area (Å²) in [7, 11) is 0. The van der Waals surface area contributed by atoms with E-state index in [4.69, 9.17) is 4.42 Å². The molecule has 4 nitrogen and oxygen atoms in total. The van der Waals surface area contributed by atoms with Crippen LogP contribution in [0.3, 0.4) is 0 Å². The number of fused-ring (bicyclic) bond motifs is 1. The van der Waals surface area contributed by atoms with E-state index >= 15 is 0 Å². The highest BCUT2D eigenvalue weighted by atomic mass is 16.3. The third-order valence-electron chi connectivity index (χ3n) is 5.15. The molecular formula is C26H28O4. The number of rotatable bonds is 5. The predicted molar refractivity (Wildman–Crippen MR) is 122 cm³/mol. The van der Waals surface area contributed by atoms with Gasteiger partial charge < -0.3 is 14.6 Å². The van der Waals surface area contributed by atoms with Crippen LogP contribution in [0.1, 0.15) is 44.4 Å². The number of allylic oxidation sites excluding steroid dienone is 4. The maximum absolute atomic E-state index is 13.4. The molecule has 0 atom stereocenters. The molecule has 0 aliphatic carbocycles. The first kappa shape index (κ1) is 21.4. The fourth-order valence-corrected chi connectivity index (χ4v) is 3.39. The number of aromatic hydroxyl groups is 2. The van der Waals surface area contributed by atoms with E-state index in [0.717, 1.165) is 22.3 Å². The Morgan fingerprint density at radius 1 is 0.900 bits per heavy atom. The van der Waals surface area contributed by atoms with Crippen molar-refractivity contribution >= 4 is 11.0 Å². The minimum Gasteiger partial charge on any atom is -0.507 e. The molecule has 0 aliphatic heterocycles. The molecule has 3 rings (SSSR count). The molecule has 0 radical (unpaired) electrons. The molecule has 0 fully saturated rings. The van der Waals surface area contributed by atoms with Gasteiger partial charge in [0.25, 0.3) is 0 Å². The van der Waals surface area contributed by atoms with Crippen LogP contribution < -0.4 is 5.43 Å². The fourth-order valence-electron chi connectivity index (χ4n) is 3.39. The van der Waals surface area contributed by atoms with Crippen molar-refractivity contribution in [3.8, 4) is 22.6 Å². The summed E-state index contributed by atoms with van der Waals surface area (Å²) in [4.78, 5) is 13.4. The van der Waals surface area contributed by atoms with Crippen LogP contribution in [0.2, 0.25) is 0 Å². The van der Waals surface area contributed by atoms with E-state index in [1.807, 2.05) is 71.0 Å². The SMILES string of the molecule is CC(C)=CCc1c(O)c(CC=C(C)C)c2occ(-c3ccc(C)cc3)c(=O)c2c1O. The van der Waals surface area contributed by atoms with Crippen LogP contribution in [0.25, 0.3) is 22.1 Å². The third-order valence-corrected chi connectivity index (χ3v) is 5.15. The summed E-state index contributed by atoms with van der Waals surface area (Å²) in [6.45, 7) is 9.81. The van der Waals surface area contributed by atoms with Gasteiger partial charge in [-0.05, 0) is 53.0 Å². The van der Waals surface area contributed by atoms with Gasteiger partial charge in [0, 0.05) is 11.1 Å². The minimum atomic E-state index is -0.311. The van der Waals surface area contributed by atoms with Gasteiger partial charge in [-0.3, -0.25) is 4.79 Å². The van der Waals surface area contributed by atoms with E-state index in [-0.39, 0.29) is 27.9 Å². The van der Waals surface area contributed by atoms with Gasteiger partial charge in [0.1, 0.15) is 28.7 Å². The van der Waals surface area contributed by atoms with Crippen molar-refractivity contribution in [2.75, 3.05) is 0 Å². The lowest BCUT2D eigenvalue weighted by Crippen LogP contribution is -2.08. The lowest BCUT2D eigenvalue weighted by Gasteiger charge is -2.14. The van der Waals surface area contributed by atoms with Crippen LogP contribution >= 0.6 is 0 Å². The fraction of sp³-hybridized carbons (Fsp3) is 0.269. The second kappa shape index (κ2) is 8.62. The molecule has 2 aromatic carbocycles. The second-order valence-corrected chi connectivity index (χ2v) is 8.17. The Balaban J connectivity index is 2.35. The quantitative estimate of drug-likeness (QED) is 0.497. The Bertz CT molecular complexity index is 1200. The molecule has 3 aromatic rings. The summed E-state index contributed by atoms with van der Waals surface area (Å²) in [5, 5.41) is 22.0. The van der Waals surface area contributed by atoms with Crippen LogP contribution in [0.5, 0.6) is 11.5 Å². The highest BCUT2D eigenvalue weighted by molar-refractivity contribution is 5.92. The summed E-state index contributed by atoms with van der Waals surface area (Å²) in [6.07, 6.45) is 6.02. The number of hydrogen-bond donors (Lipinski definition) is 2. The first-order valence-electron chi connectivity index (χ1n) is 10.1. The highest BCUT2D eigenvalue weighted by Crippen LogP contribution is 2.40. The molecule has 2 N–H and O–H groups in total. The van der Waals surface area contributed by atoms with Crippen LogP contribution in [0, 0.1) is 6.92 Å². The van der Waals surface area contributed by atoms with Crippen molar-refractivity contribution in [2.24, 2.45) is 0 Å². The molecular weight excluding hydrogens is 376 g/mol. The highest BCUT2D eigenvalue weighted by Gasteiger charge is 2.23. The predicted octanol–water partition coefficient (Wildman–Crippen LogP) is 6.20. The van der Waals surface area contributed by atoms with Crippen LogP contribution in [-0.2, 0) is 12.8 Å². The Kier molecular flexibility index (Phi) is 6.16. The molecule has 0 bridgehead atoms. The normalized spacial score (nSPS) is 10.8. The van der Waals surface area contributed by atoms with Gasteiger partial charge in [-0.2, -0.15) is 0 Å². The van der Waals surface area contributed by atoms with Crippen molar-refractivity contribution in [1.82, 2.24) is 0 Å². The first-order chi connectivity index (χ1) is 14.2. The van der Waals surface area contributed by atoms with Gasteiger partial charge >= 0.3 is 0 Å². The molecule has 0 spiro atoms. The van der Waals surface area contributed by atoms with E-state index in [9.17, 15) is 15.0 Å². The molecule has 30 heavy (non-hydrogen) atoms. The van der Waals surface area contributed by atoms with Crippen LogP contribution in [0.15, 0.2) is 63.0 Å². The molecule has 0 unspecified atom stereocenters. The summed E-state index contributed by atoms with van der Waals surface area (Å²) in [5.41, 5.74) is 5.09. The van der Waals surface area contributed by atoms with Crippen molar-refractivity contribution in [1.29, 1.82) is 0 Å². The smallest absolute Gasteiger partial charge is 0.204 e. The lowest BCUT2D eigenvalue weighted by atomic mass is 9.95.